The number of halogens is 1. The van der Waals surface area contributed by atoms with Crippen molar-refractivity contribution in [3.63, 3.8) is 0 Å². The monoisotopic (exact) mass is 370 g/mol. The highest BCUT2D eigenvalue weighted by Crippen LogP contribution is 2.31. The smallest absolute Gasteiger partial charge is 0.242 e. The van der Waals surface area contributed by atoms with Crippen molar-refractivity contribution in [2.45, 2.75) is 4.90 Å². The van der Waals surface area contributed by atoms with Gasteiger partial charge in [0, 0.05) is 24.6 Å². The van der Waals surface area contributed by atoms with Crippen LogP contribution in [0.3, 0.4) is 0 Å². The highest BCUT2D eigenvalue weighted by Gasteiger charge is 2.19. The molecule has 0 bridgehead atoms. The number of rotatable bonds is 4. The van der Waals surface area contributed by atoms with E-state index in [0.29, 0.717) is 17.2 Å². The molecule has 0 saturated carbocycles. The Balaban J connectivity index is 2.38. The third-order valence-corrected chi connectivity index (χ3v) is 5.14. The van der Waals surface area contributed by atoms with Gasteiger partial charge in [0.2, 0.25) is 10.0 Å². The zero-order valence-electron chi connectivity index (χ0n) is 11.6. The van der Waals surface area contributed by atoms with Crippen molar-refractivity contribution in [1.82, 2.24) is 4.31 Å². The Bertz CT molecular complexity index is 743. The van der Waals surface area contributed by atoms with Gasteiger partial charge >= 0.3 is 0 Å². The summed E-state index contributed by atoms with van der Waals surface area (Å²) in [6, 6.07) is 11.6. The summed E-state index contributed by atoms with van der Waals surface area (Å²) in [4.78, 5) is 0.133. The summed E-state index contributed by atoms with van der Waals surface area (Å²) >= 11 is 3.33. The van der Waals surface area contributed by atoms with Crippen LogP contribution in [-0.4, -0.2) is 26.8 Å². The van der Waals surface area contributed by atoms with Gasteiger partial charge < -0.3 is 10.5 Å². The van der Waals surface area contributed by atoms with E-state index in [-0.39, 0.29) is 4.90 Å². The number of nitrogens with two attached hydrogens (primary N) is 1. The molecular formula is C14H15BrN2O3S. The number of hydrogen-bond donors (Lipinski definition) is 1. The Hall–Kier alpha value is -1.57. The molecule has 0 unspecified atom stereocenters. The zero-order valence-corrected chi connectivity index (χ0v) is 14.0. The lowest BCUT2D eigenvalue weighted by atomic mass is 10.3. The molecule has 21 heavy (non-hydrogen) atoms. The van der Waals surface area contributed by atoms with Gasteiger partial charge in [0.15, 0.2) is 5.75 Å². The summed E-state index contributed by atoms with van der Waals surface area (Å²) in [5, 5.41) is 0. The van der Waals surface area contributed by atoms with Crippen LogP contribution in [0.15, 0.2) is 51.8 Å². The van der Waals surface area contributed by atoms with E-state index in [9.17, 15) is 8.42 Å². The minimum atomic E-state index is -3.52. The van der Waals surface area contributed by atoms with Crippen molar-refractivity contribution < 1.29 is 13.2 Å². The molecule has 2 N–H and O–H groups in total. The first-order valence-corrected chi connectivity index (χ1v) is 8.29. The summed E-state index contributed by atoms with van der Waals surface area (Å²) in [6.45, 7) is 0. The largest absolute Gasteiger partial charge is 0.455 e. The van der Waals surface area contributed by atoms with Crippen LogP contribution in [0.4, 0.5) is 5.69 Å². The molecule has 0 atom stereocenters. The average molecular weight is 371 g/mol. The van der Waals surface area contributed by atoms with Gasteiger partial charge in [-0.2, -0.15) is 0 Å². The molecule has 0 heterocycles. The first kappa shape index (κ1) is 15.8. The topological polar surface area (TPSA) is 72.6 Å². The van der Waals surface area contributed by atoms with E-state index >= 15 is 0 Å². The summed E-state index contributed by atoms with van der Waals surface area (Å²) < 4.78 is 31.9. The second kappa shape index (κ2) is 6.05. The van der Waals surface area contributed by atoms with Crippen LogP contribution in [0.5, 0.6) is 11.5 Å². The van der Waals surface area contributed by atoms with E-state index in [1.165, 1.54) is 32.3 Å². The van der Waals surface area contributed by atoms with Crippen LogP contribution in [0.1, 0.15) is 0 Å². The molecule has 0 aliphatic heterocycles. The molecule has 0 aromatic heterocycles. The molecule has 0 amide bonds. The van der Waals surface area contributed by atoms with E-state index < -0.39 is 10.0 Å². The average Bonchev–Trinajstić information content (AvgIpc) is 2.43. The molecule has 0 aliphatic carbocycles. The Labute approximate surface area is 132 Å². The zero-order chi connectivity index (χ0) is 15.6. The highest BCUT2D eigenvalue weighted by molar-refractivity contribution is 9.10. The summed E-state index contributed by atoms with van der Waals surface area (Å²) in [5.41, 5.74) is 6.21. The maximum atomic E-state index is 12.1. The number of benzene rings is 2. The summed E-state index contributed by atoms with van der Waals surface area (Å²) in [5.74, 6) is 0.879. The van der Waals surface area contributed by atoms with Gasteiger partial charge in [0.05, 0.1) is 10.6 Å². The van der Waals surface area contributed by atoms with Crippen molar-refractivity contribution in [2.24, 2.45) is 0 Å². The van der Waals surface area contributed by atoms with Gasteiger partial charge in [-0.1, -0.05) is 15.9 Å². The van der Waals surface area contributed by atoms with E-state index in [1.807, 2.05) is 12.1 Å². The van der Waals surface area contributed by atoms with Gasteiger partial charge in [-0.05, 0) is 36.4 Å². The third kappa shape index (κ3) is 3.55. The molecule has 5 nitrogen and oxygen atoms in total. The minimum absolute atomic E-state index is 0.133. The first-order chi connectivity index (χ1) is 9.80. The van der Waals surface area contributed by atoms with Crippen LogP contribution >= 0.6 is 15.9 Å². The Kier molecular flexibility index (Phi) is 4.55. The molecule has 0 saturated heterocycles. The number of hydrogen-bond acceptors (Lipinski definition) is 4. The van der Waals surface area contributed by atoms with E-state index in [0.717, 1.165) is 8.78 Å². The molecular weight excluding hydrogens is 356 g/mol. The summed E-state index contributed by atoms with van der Waals surface area (Å²) in [6.07, 6.45) is 0. The van der Waals surface area contributed by atoms with Crippen LogP contribution in [-0.2, 0) is 10.0 Å². The van der Waals surface area contributed by atoms with Crippen LogP contribution in [0.2, 0.25) is 0 Å². The minimum Gasteiger partial charge on any atom is -0.455 e. The number of anilines is 1. The fourth-order valence-electron chi connectivity index (χ4n) is 1.60. The van der Waals surface area contributed by atoms with E-state index in [1.54, 1.807) is 12.1 Å². The van der Waals surface area contributed by atoms with E-state index in [2.05, 4.69) is 15.9 Å². The molecule has 2 aromatic rings. The summed E-state index contributed by atoms with van der Waals surface area (Å²) in [7, 11) is -0.579. The number of nitrogens with zero attached hydrogens (tertiary/aromatic N) is 1. The Morgan fingerprint density at radius 2 is 1.71 bits per heavy atom. The fourth-order valence-corrected chi connectivity index (χ4v) is 2.79. The molecule has 112 valence electrons. The lowest BCUT2D eigenvalue weighted by Gasteiger charge is -2.14. The fraction of sp³-hybridized carbons (Fsp3) is 0.143. The molecule has 0 spiro atoms. The van der Waals surface area contributed by atoms with Gasteiger partial charge in [-0.25, -0.2) is 12.7 Å². The number of sulfonamides is 1. The van der Waals surface area contributed by atoms with E-state index in [4.69, 9.17) is 10.5 Å². The van der Waals surface area contributed by atoms with Crippen molar-refractivity contribution >= 4 is 31.6 Å². The first-order valence-electron chi connectivity index (χ1n) is 6.06. The van der Waals surface area contributed by atoms with Crippen molar-refractivity contribution in [2.75, 3.05) is 19.8 Å². The van der Waals surface area contributed by atoms with Crippen molar-refractivity contribution in [1.29, 1.82) is 0 Å². The highest BCUT2D eigenvalue weighted by atomic mass is 79.9. The predicted molar refractivity (Wildman–Crippen MR) is 85.9 cm³/mol. The molecule has 7 heteroatoms. The SMILES string of the molecule is CN(C)S(=O)(=O)c1ccc(N)c(Oc2ccc(Br)cc2)c1. The second-order valence-corrected chi connectivity index (χ2v) is 7.61. The maximum absolute atomic E-state index is 12.1. The molecule has 0 fully saturated rings. The number of ether oxygens (including phenoxy) is 1. The second-order valence-electron chi connectivity index (χ2n) is 4.54. The quantitative estimate of drug-likeness (QED) is 0.839. The van der Waals surface area contributed by atoms with Crippen molar-refractivity contribution in [3.05, 3.63) is 46.9 Å². The Morgan fingerprint density at radius 3 is 2.29 bits per heavy atom. The maximum Gasteiger partial charge on any atom is 0.242 e. The third-order valence-electron chi connectivity index (χ3n) is 2.81. The van der Waals surface area contributed by atoms with Crippen LogP contribution in [0, 0.1) is 0 Å². The van der Waals surface area contributed by atoms with Crippen LogP contribution in [0.25, 0.3) is 0 Å². The standard InChI is InChI=1S/C14H15BrN2O3S/c1-17(2)21(18,19)12-7-8-13(16)14(9-12)20-11-5-3-10(15)4-6-11/h3-9H,16H2,1-2H3. The molecule has 0 aliphatic rings. The number of nitrogen functional groups attached to an aromatic ring is 1. The lowest BCUT2D eigenvalue weighted by molar-refractivity contribution is 0.481. The van der Waals surface area contributed by atoms with Gasteiger partial charge in [-0.15, -0.1) is 0 Å². The lowest BCUT2D eigenvalue weighted by Crippen LogP contribution is -2.22. The molecule has 2 aromatic carbocycles. The van der Waals surface area contributed by atoms with Gasteiger partial charge in [0.1, 0.15) is 5.75 Å². The molecule has 0 radical (unpaired) electrons. The van der Waals surface area contributed by atoms with Crippen molar-refractivity contribution in [3.8, 4) is 11.5 Å². The molecule has 2 rings (SSSR count). The van der Waals surface area contributed by atoms with Gasteiger partial charge in [0.25, 0.3) is 0 Å². The van der Waals surface area contributed by atoms with Crippen LogP contribution < -0.4 is 10.5 Å². The normalized spacial score (nSPS) is 11.6. The Morgan fingerprint density at radius 1 is 1.10 bits per heavy atom. The predicted octanol–water partition coefficient (Wildman–Crippen LogP) is 3.07. The van der Waals surface area contributed by atoms with Gasteiger partial charge in [-0.3, -0.25) is 0 Å².